The Kier molecular flexibility index (Phi) is 5.56. The van der Waals surface area contributed by atoms with Gasteiger partial charge in [0.1, 0.15) is 23.5 Å². The van der Waals surface area contributed by atoms with Gasteiger partial charge in [0.05, 0.1) is 17.1 Å². The van der Waals surface area contributed by atoms with Crippen LogP contribution in [0.25, 0.3) is 22.0 Å². The molecule has 8 bridgehead atoms. The van der Waals surface area contributed by atoms with Gasteiger partial charge in [0.2, 0.25) is 0 Å². The number of fused-ring (bicyclic) bond motifs is 18. The summed E-state index contributed by atoms with van der Waals surface area (Å²) in [6, 6.07) is 26.1. The molecule has 0 fully saturated rings. The first-order valence-electron chi connectivity index (χ1n) is 15.7. The fourth-order valence-corrected chi connectivity index (χ4v) is 7.05. The number of aromatic nitrogens is 1. The first kappa shape index (κ1) is 26.6. The summed E-state index contributed by atoms with van der Waals surface area (Å²) in [7, 11) is 0. The van der Waals surface area contributed by atoms with Crippen molar-refractivity contribution >= 4 is 50.8 Å². The third-order valence-electron chi connectivity index (χ3n) is 9.39. The zero-order chi connectivity index (χ0) is 31.3. The molecule has 9 rings (SSSR count). The second-order valence-corrected chi connectivity index (χ2v) is 12.8. The van der Waals surface area contributed by atoms with Crippen molar-refractivity contribution in [3.63, 3.8) is 0 Å². The predicted molar refractivity (Wildman–Crippen MR) is 191 cm³/mol. The Bertz CT molecular complexity index is 2430. The topological polar surface area (TPSA) is 64.9 Å². The Balaban J connectivity index is 1.37. The number of allylic oxidation sites excluding steroid dienone is 4. The fourth-order valence-electron chi connectivity index (χ4n) is 7.05. The highest BCUT2D eigenvalue weighted by Gasteiger charge is 2.31. The molecule has 2 aliphatic heterocycles. The number of rotatable bonds is 0. The molecule has 4 aromatic carbocycles. The summed E-state index contributed by atoms with van der Waals surface area (Å²) in [4.78, 5) is 19.5. The summed E-state index contributed by atoms with van der Waals surface area (Å²) in [5.41, 5.74) is 20.0. The summed E-state index contributed by atoms with van der Waals surface area (Å²) < 4.78 is 0. The summed E-state index contributed by atoms with van der Waals surface area (Å²) in [6.45, 7) is 13.1. The molecule has 1 aromatic heterocycles. The monoisotopic (exact) mass is 593 g/mol. The van der Waals surface area contributed by atoms with Crippen molar-refractivity contribution in [2.24, 2.45) is 15.0 Å². The van der Waals surface area contributed by atoms with Gasteiger partial charge in [0.25, 0.3) is 0 Å². The number of nitrogens with one attached hydrogen (secondary N) is 2. The fraction of sp³-hybridized carbons (Fsp3) is 0.122. The number of nitrogens with zero attached hydrogens (tertiary/aromatic N) is 3. The van der Waals surface area contributed by atoms with Crippen molar-refractivity contribution in [2.45, 2.75) is 33.9 Å². The molecule has 46 heavy (non-hydrogen) atoms. The third kappa shape index (κ3) is 3.99. The highest BCUT2D eigenvalue weighted by atomic mass is 15.2. The molecule has 0 spiro atoms. The van der Waals surface area contributed by atoms with Crippen LogP contribution in [0.15, 0.2) is 118 Å². The van der Waals surface area contributed by atoms with Crippen LogP contribution < -0.4 is 5.32 Å². The molecule has 5 heteroatoms. The number of aryl methyl sites for hydroxylation is 4. The molecular weight excluding hydrogens is 562 g/mol. The second-order valence-electron chi connectivity index (χ2n) is 12.8. The molecule has 5 aromatic rings. The molecule has 1 unspecified atom stereocenters. The van der Waals surface area contributed by atoms with Gasteiger partial charge in [-0.3, -0.25) is 4.99 Å². The Morgan fingerprint density at radius 3 is 2.20 bits per heavy atom. The van der Waals surface area contributed by atoms with E-state index in [4.69, 9.17) is 15.0 Å². The van der Waals surface area contributed by atoms with Crippen LogP contribution in [0.1, 0.15) is 61.8 Å². The molecule has 1 atom stereocenters. The summed E-state index contributed by atoms with van der Waals surface area (Å²) in [5, 5.41) is 5.89. The van der Waals surface area contributed by atoms with Gasteiger partial charge in [-0.2, -0.15) is 0 Å². The van der Waals surface area contributed by atoms with E-state index in [0.29, 0.717) is 0 Å². The van der Waals surface area contributed by atoms with Crippen LogP contribution in [0, 0.1) is 27.7 Å². The normalized spacial score (nSPS) is 20.7. The molecule has 2 aliphatic carbocycles. The average Bonchev–Trinajstić information content (AvgIpc) is 3.63. The van der Waals surface area contributed by atoms with E-state index in [1.165, 1.54) is 16.7 Å². The third-order valence-corrected chi connectivity index (χ3v) is 9.39. The first-order valence-corrected chi connectivity index (χ1v) is 15.7. The van der Waals surface area contributed by atoms with Crippen LogP contribution in [-0.4, -0.2) is 22.1 Å². The predicted octanol–water partition coefficient (Wildman–Crippen LogP) is 9.40. The lowest BCUT2D eigenvalue weighted by Crippen LogP contribution is -2.07. The average molecular weight is 594 g/mol. The molecule has 5 nitrogen and oxygen atoms in total. The van der Waals surface area contributed by atoms with Gasteiger partial charge >= 0.3 is 0 Å². The molecule has 4 aliphatic rings. The maximum absolute atomic E-state index is 5.30. The molecule has 220 valence electrons. The van der Waals surface area contributed by atoms with Crippen LogP contribution in [0.4, 0.5) is 11.6 Å². The number of H-pyrrole nitrogens is 1. The highest BCUT2D eigenvalue weighted by Crippen LogP contribution is 2.42. The van der Waals surface area contributed by atoms with Crippen LogP contribution in [0.2, 0.25) is 0 Å². The first-order chi connectivity index (χ1) is 22.3. The van der Waals surface area contributed by atoms with Gasteiger partial charge in [-0.25, -0.2) is 9.98 Å². The SMILES string of the molecule is C=C1/C2=C\C3=NC(Nc4[nH]c(c5cc(C)ccc45)/N=C4\C=C=C(/N=C\1c1ccc(C)cc12)c1ccc(C)cc14)c1ccc(C)cc13. The lowest BCUT2D eigenvalue weighted by molar-refractivity contribution is 0.855. The van der Waals surface area contributed by atoms with E-state index in [9.17, 15) is 0 Å². The lowest BCUT2D eigenvalue weighted by Gasteiger charge is -2.15. The van der Waals surface area contributed by atoms with Crippen molar-refractivity contribution in [3.05, 3.63) is 158 Å². The highest BCUT2D eigenvalue weighted by molar-refractivity contribution is 6.33. The van der Waals surface area contributed by atoms with E-state index >= 15 is 0 Å². The maximum atomic E-state index is 5.30. The molecule has 3 heterocycles. The van der Waals surface area contributed by atoms with Crippen LogP contribution in [-0.2, 0) is 0 Å². The van der Waals surface area contributed by atoms with Gasteiger partial charge in [-0.15, -0.1) is 0 Å². The minimum Gasteiger partial charge on any atom is -0.346 e. The van der Waals surface area contributed by atoms with E-state index < -0.39 is 0 Å². The van der Waals surface area contributed by atoms with Crippen LogP contribution in [0.3, 0.4) is 0 Å². The van der Waals surface area contributed by atoms with Crippen molar-refractivity contribution in [2.75, 3.05) is 5.32 Å². The molecular formula is C41H31N5. The number of hydrogen-bond donors (Lipinski definition) is 2. The number of anilines is 1. The van der Waals surface area contributed by atoms with Crippen molar-refractivity contribution in [1.82, 2.24) is 4.98 Å². The maximum Gasteiger partial charge on any atom is 0.147 e. The Labute approximate surface area is 267 Å². The van der Waals surface area contributed by atoms with Gasteiger partial charge in [-0.1, -0.05) is 89.2 Å². The molecule has 0 saturated carbocycles. The second kappa shape index (κ2) is 9.61. The summed E-state index contributed by atoms with van der Waals surface area (Å²) in [5.74, 6) is 1.69. The molecule has 0 saturated heterocycles. The number of aliphatic imine (C=N–C) groups is 3. The van der Waals surface area contributed by atoms with E-state index in [-0.39, 0.29) is 6.17 Å². The molecule has 0 amide bonds. The van der Waals surface area contributed by atoms with E-state index in [1.54, 1.807) is 0 Å². The van der Waals surface area contributed by atoms with Crippen LogP contribution >= 0.6 is 0 Å². The Morgan fingerprint density at radius 2 is 1.37 bits per heavy atom. The molecule has 0 radical (unpaired) electrons. The zero-order valence-corrected chi connectivity index (χ0v) is 26.2. The van der Waals surface area contributed by atoms with E-state index in [0.717, 1.165) is 95.3 Å². The lowest BCUT2D eigenvalue weighted by atomic mass is 9.94. The number of aromatic amines is 1. The van der Waals surface area contributed by atoms with E-state index in [2.05, 4.69) is 129 Å². The number of hydrogen-bond acceptors (Lipinski definition) is 4. The van der Waals surface area contributed by atoms with Gasteiger partial charge in [0.15, 0.2) is 0 Å². The van der Waals surface area contributed by atoms with Gasteiger partial charge in [0, 0.05) is 50.2 Å². The zero-order valence-electron chi connectivity index (χ0n) is 26.2. The van der Waals surface area contributed by atoms with E-state index in [1.807, 2.05) is 6.08 Å². The number of benzene rings is 4. The summed E-state index contributed by atoms with van der Waals surface area (Å²) >= 11 is 0. The van der Waals surface area contributed by atoms with Crippen LogP contribution in [0.5, 0.6) is 0 Å². The quantitative estimate of drug-likeness (QED) is 0.173. The Hall–Kier alpha value is -5.77. The largest absolute Gasteiger partial charge is 0.346 e. The smallest absolute Gasteiger partial charge is 0.147 e. The Morgan fingerprint density at radius 1 is 0.674 bits per heavy atom. The van der Waals surface area contributed by atoms with Gasteiger partial charge in [-0.05, 0) is 63.1 Å². The minimum absolute atomic E-state index is 0.274. The minimum atomic E-state index is -0.274. The standard InChI is InChI=1S/C41H31N5/c1-21-7-11-27-31(16-21)30-20-37-33-18-23(3)8-12-28(33)39(44-37)45-40-29-13-9-24(4)19-34(29)41(46-40)43-36-15-14-35(42-38(27)25(30)5)26-10-6-22(2)17-32(26)36/h6-13,15-20,39,45-46H,5H2,1-4H3/b30-20+,42-38+,43-36+. The summed E-state index contributed by atoms with van der Waals surface area (Å²) in [6.07, 6.45) is 3.89. The van der Waals surface area contributed by atoms with Crippen molar-refractivity contribution in [1.29, 1.82) is 0 Å². The van der Waals surface area contributed by atoms with Crippen molar-refractivity contribution in [3.8, 4) is 0 Å². The van der Waals surface area contributed by atoms with Crippen molar-refractivity contribution < 1.29 is 0 Å². The molecule has 2 N–H and O–H groups in total. The van der Waals surface area contributed by atoms with Gasteiger partial charge < -0.3 is 10.3 Å².